The number of aliphatic hydroxyl groups is 1. The summed E-state index contributed by atoms with van der Waals surface area (Å²) < 4.78 is 11.6. The molecule has 0 aromatic rings. The number of rotatable bonds is 4. The van der Waals surface area contributed by atoms with Crippen LogP contribution in [-0.4, -0.2) is 72.9 Å². The number of fused-ring (bicyclic) bond motifs is 2. The lowest BCUT2D eigenvalue weighted by Crippen LogP contribution is -2.66. The molecule has 3 N–H and O–H groups in total. The number of carbonyl (C=O) groups excluding carboxylic acids is 1. The van der Waals surface area contributed by atoms with Crippen molar-refractivity contribution in [2.45, 2.75) is 49.8 Å². The van der Waals surface area contributed by atoms with Crippen LogP contribution in [0.1, 0.15) is 19.3 Å². The summed E-state index contributed by atoms with van der Waals surface area (Å²) in [6, 6.07) is -1.01. The van der Waals surface area contributed by atoms with Crippen molar-refractivity contribution in [3.05, 3.63) is 12.7 Å². The molecule has 3 rings (SSSR count). The van der Waals surface area contributed by atoms with Crippen LogP contribution in [0.5, 0.6) is 0 Å². The molecule has 3 saturated heterocycles. The highest BCUT2D eigenvalue weighted by Gasteiger charge is 2.52. The molecule has 0 aromatic heterocycles. The van der Waals surface area contributed by atoms with E-state index in [2.05, 4.69) is 22.1 Å². The van der Waals surface area contributed by atoms with Gasteiger partial charge >= 0.3 is 6.03 Å². The van der Waals surface area contributed by atoms with Gasteiger partial charge in [-0.25, -0.2) is 4.79 Å². The third-order valence-electron chi connectivity index (χ3n) is 4.65. The van der Waals surface area contributed by atoms with E-state index in [0.29, 0.717) is 13.2 Å². The van der Waals surface area contributed by atoms with E-state index < -0.39 is 18.4 Å². The van der Waals surface area contributed by atoms with Crippen molar-refractivity contribution in [3.63, 3.8) is 0 Å². The van der Waals surface area contributed by atoms with Gasteiger partial charge in [0.25, 0.3) is 0 Å². The van der Waals surface area contributed by atoms with Gasteiger partial charge in [0.05, 0.1) is 24.8 Å². The zero-order valence-corrected chi connectivity index (χ0v) is 12.7. The highest BCUT2D eigenvalue weighted by molar-refractivity contribution is 5.74. The van der Waals surface area contributed by atoms with Crippen LogP contribution in [0.3, 0.4) is 0 Å². The van der Waals surface area contributed by atoms with Crippen molar-refractivity contribution in [1.82, 2.24) is 15.5 Å². The molecule has 0 spiro atoms. The second kappa shape index (κ2) is 6.95. The van der Waals surface area contributed by atoms with E-state index in [9.17, 15) is 9.90 Å². The number of likely N-dealkylation sites (tertiary alicyclic amines) is 1. The van der Waals surface area contributed by atoms with Crippen molar-refractivity contribution in [3.8, 4) is 0 Å². The Morgan fingerprint density at radius 1 is 1.36 bits per heavy atom. The lowest BCUT2D eigenvalue weighted by Gasteiger charge is -2.45. The Morgan fingerprint density at radius 3 is 2.86 bits per heavy atom. The fourth-order valence-electron chi connectivity index (χ4n) is 3.55. The summed E-state index contributed by atoms with van der Waals surface area (Å²) in [4.78, 5) is 14.1. The molecule has 3 heterocycles. The van der Waals surface area contributed by atoms with Crippen LogP contribution in [0.25, 0.3) is 0 Å². The van der Waals surface area contributed by atoms with Crippen LogP contribution < -0.4 is 10.6 Å². The topological polar surface area (TPSA) is 83.1 Å². The van der Waals surface area contributed by atoms with E-state index in [4.69, 9.17) is 9.47 Å². The first-order valence-corrected chi connectivity index (χ1v) is 8.05. The van der Waals surface area contributed by atoms with Crippen molar-refractivity contribution < 1.29 is 19.4 Å². The molecule has 3 fully saturated rings. The number of ether oxygens (including phenoxy) is 2. The van der Waals surface area contributed by atoms with E-state index >= 15 is 0 Å². The largest absolute Gasteiger partial charge is 0.389 e. The number of nitrogens with one attached hydrogen (secondary N) is 2. The maximum absolute atomic E-state index is 11.9. The predicted octanol–water partition coefficient (Wildman–Crippen LogP) is -0.189. The summed E-state index contributed by atoms with van der Waals surface area (Å²) in [5, 5.41) is 16.3. The average Bonchev–Trinajstić information content (AvgIpc) is 2.96. The molecule has 0 aliphatic carbocycles. The number of nitrogens with zero attached hydrogens (tertiary/aromatic N) is 1. The van der Waals surface area contributed by atoms with E-state index in [-0.39, 0.29) is 18.2 Å². The highest BCUT2D eigenvalue weighted by atomic mass is 16.7. The number of carbonyl (C=O) groups is 1. The first-order valence-electron chi connectivity index (χ1n) is 8.05. The molecule has 0 saturated carbocycles. The van der Waals surface area contributed by atoms with Crippen LogP contribution in [-0.2, 0) is 9.47 Å². The van der Waals surface area contributed by atoms with Gasteiger partial charge in [-0.3, -0.25) is 4.90 Å². The van der Waals surface area contributed by atoms with Crippen molar-refractivity contribution in [2.24, 2.45) is 0 Å². The number of urea groups is 1. The van der Waals surface area contributed by atoms with Gasteiger partial charge in [-0.2, -0.15) is 0 Å². The van der Waals surface area contributed by atoms with Crippen LogP contribution in [0.2, 0.25) is 0 Å². The van der Waals surface area contributed by atoms with Gasteiger partial charge in [0, 0.05) is 6.54 Å². The highest BCUT2D eigenvalue weighted by Crippen LogP contribution is 2.32. The standard InChI is InChI=1S/C15H25N3O4/c1-2-6-16-15(20)17-11-10-9-21-14(22-10)12(13(11)19)18-7-4-3-5-8-18/h2,10-14,19H,1,3-9H2,(H2,16,17,20)/t10-,11-,12-,13+,14-/m1/s1. The van der Waals surface area contributed by atoms with E-state index in [1.807, 2.05) is 0 Å². The van der Waals surface area contributed by atoms with E-state index in [1.165, 1.54) is 6.42 Å². The normalized spacial score (nSPS) is 38.5. The molecular weight excluding hydrogens is 286 g/mol. The van der Waals surface area contributed by atoms with Gasteiger partial charge < -0.3 is 25.2 Å². The number of amides is 2. The zero-order chi connectivity index (χ0) is 15.5. The molecule has 22 heavy (non-hydrogen) atoms. The summed E-state index contributed by atoms with van der Waals surface area (Å²) in [7, 11) is 0. The Balaban J connectivity index is 1.67. The molecule has 5 atom stereocenters. The Bertz CT molecular complexity index is 414. The molecular formula is C15H25N3O4. The van der Waals surface area contributed by atoms with Gasteiger partial charge in [0.1, 0.15) is 6.10 Å². The summed E-state index contributed by atoms with van der Waals surface area (Å²) in [6.07, 6.45) is 3.69. The minimum atomic E-state index is -0.696. The maximum atomic E-state index is 11.9. The van der Waals surface area contributed by atoms with Crippen LogP contribution in [0.4, 0.5) is 4.79 Å². The Hall–Kier alpha value is -1.15. The SMILES string of the molecule is C=CCNC(=O)N[C@H]1[C@H](O)[C@@H](N2CCCCC2)[C@@H]2OC[C@H]1O2. The molecule has 0 radical (unpaired) electrons. The van der Waals surface area contributed by atoms with E-state index in [0.717, 1.165) is 25.9 Å². The minimum absolute atomic E-state index is 0.219. The molecule has 0 unspecified atom stereocenters. The number of aliphatic hydroxyl groups excluding tert-OH is 1. The maximum Gasteiger partial charge on any atom is 0.315 e. The first kappa shape index (κ1) is 15.7. The summed E-state index contributed by atoms with van der Waals surface area (Å²) in [5.74, 6) is 0. The number of hydrogen-bond donors (Lipinski definition) is 3. The summed E-state index contributed by atoms with van der Waals surface area (Å²) in [5.41, 5.74) is 0. The Labute approximate surface area is 130 Å². The van der Waals surface area contributed by atoms with E-state index in [1.54, 1.807) is 6.08 Å². The van der Waals surface area contributed by atoms with Gasteiger partial charge in [0.15, 0.2) is 6.29 Å². The third-order valence-corrected chi connectivity index (χ3v) is 4.65. The Morgan fingerprint density at radius 2 is 2.14 bits per heavy atom. The molecule has 7 nitrogen and oxygen atoms in total. The molecule has 124 valence electrons. The molecule has 2 bridgehead atoms. The molecule has 2 amide bonds. The van der Waals surface area contributed by atoms with Crippen molar-refractivity contribution >= 4 is 6.03 Å². The summed E-state index contributed by atoms with van der Waals surface area (Å²) >= 11 is 0. The lowest BCUT2D eigenvalue weighted by atomic mass is 9.93. The van der Waals surface area contributed by atoms with Gasteiger partial charge in [-0.05, 0) is 25.9 Å². The van der Waals surface area contributed by atoms with Gasteiger partial charge in [-0.1, -0.05) is 12.5 Å². The third kappa shape index (κ3) is 3.12. The second-order valence-electron chi connectivity index (χ2n) is 6.12. The smallest absolute Gasteiger partial charge is 0.315 e. The lowest BCUT2D eigenvalue weighted by molar-refractivity contribution is -0.183. The number of hydrogen-bond acceptors (Lipinski definition) is 5. The minimum Gasteiger partial charge on any atom is -0.389 e. The molecule has 0 aromatic carbocycles. The second-order valence-corrected chi connectivity index (χ2v) is 6.12. The fraction of sp³-hybridized carbons (Fsp3) is 0.800. The monoisotopic (exact) mass is 311 g/mol. The van der Waals surface area contributed by atoms with Crippen LogP contribution >= 0.6 is 0 Å². The Kier molecular flexibility index (Phi) is 4.97. The molecule has 3 aliphatic heterocycles. The molecule has 7 heteroatoms. The van der Waals surface area contributed by atoms with Crippen molar-refractivity contribution in [1.29, 1.82) is 0 Å². The molecule has 3 aliphatic rings. The van der Waals surface area contributed by atoms with Crippen molar-refractivity contribution in [2.75, 3.05) is 26.2 Å². The average molecular weight is 311 g/mol. The quantitative estimate of drug-likeness (QED) is 0.627. The zero-order valence-electron chi connectivity index (χ0n) is 12.7. The van der Waals surface area contributed by atoms with Crippen LogP contribution in [0, 0.1) is 0 Å². The summed E-state index contributed by atoms with van der Waals surface area (Å²) in [6.45, 7) is 6.22. The fourth-order valence-corrected chi connectivity index (χ4v) is 3.55. The number of piperidine rings is 1. The predicted molar refractivity (Wildman–Crippen MR) is 80.4 cm³/mol. The first-order chi connectivity index (χ1) is 10.7. The van der Waals surface area contributed by atoms with Gasteiger partial charge in [-0.15, -0.1) is 6.58 Å². The van der Waals surface area contributed by atoms with Gasteiger partial charge in [0.2, 0.25) is 0 Å². The van der Waals surface area contributed by atoms with Crippen LogP contribution in [0.15, 0.2) is 12.7 Å².